The highest BCUT2D eigenvalue weighted by atomic mass is 79.9. The monoisotopic (exact) mass is 315 g/mol. The van der Waals surface area contributed by atoms with Crippen LogP contribution in [0.2, 0.25) is 5.02 Å². The van der Waals surface area contributed by atoms with E-state index in [1.165, 1.54) is 0 Å². The van der Waals surface area contributed by atoms with Crippen molar-refractivity contribution >= 4 is 44.7 Å². The first-order chi connectivity index (χ1) is 7.66. The van der Waals surface area contributed by atoms with Crippen LogP contribution >= 0.6 is 38.9 Å². The molecule has 0 aliphatic carbocycles. The summed E-state index contributed by atoms with van der Waals surface area (Å²) in [6, 6.07) is 7.23. The van der Waals surface area contributed by atoms with Crippen molar-refractivity contribution in [2.24, 2.45) is 0 Å². The molecule has 0 aliphatic heterocycles. The maximum absolute atomic E-state index is 11.9. The smallest absolute Gasteiger partial charge is 0.187 e. The Morgan fingerprint density at radius 1 is 1.44 bits per heavy atom. The van der Waals surface area contributed by atoms with Gasteiger partial charge in [-0.3, -0.25) is 9.78 Å². The lowest BCUT2D eigenvalue weighted by atomic mass is 10.2. The Kier molecular flexibility index (Phi) is 3.74. The number of hydrogen-bond acceptors (Lipinski definition) is 3. The highest BCUT2D eigenvalue weighted by Crippen LogP contribution is 2.24. The van der Waals surface area contributed by atoms with Crippen molar-refractivity contribution < 1.29 is 4.79 Å². The molecule has 2 aromatic heterocycles. The fourth-order valence-electron chi connectivity index (χ4n) is 1.28. The van der Waals surface area contributed by atoms with Crippen LogP contribution in [0.25, 0.3) is 0 Å². The van der Waals surface area contributed by atoms with Gasteiger partial charge in [0.15, 0.2) is 5.78 Å². The van der Waals surface area contributed by atoms with Gasteiger partial charge < -0.3 is 0 Å². The van der Waals surface area contributed by atoms with Gasteiger partial charge in [0, 0.05) is 17.5 Å². The third kappa shape index (κ3) is 2.70. The first kappa shape index (κ1) is 11.8. The highest BCUT2D eigenvalue weighted by Gasteiger charge is 2.13. The number of hydrogen-bond donors (Lipinski definition) is 0. The summed E-state index contributed by atoms with van der Waals surface area (Å²) >= 11 is 10.8. The molecule has 0 bridgehead atoms. The van der Waals surface area contributed by atoms with Gasteiger partial charge in [0.05, 0.1) is 8.81 Å². The Bertz CT molecular complexity index is 526. The summed E-state index contributed by atoms with van der Waals surface area (Å²) in [5.41, 5.74) is 0.341. The third-order valence-corrected chi connectivity index (χ3v) is 3.91. The van der Waals surface area contributed by atoms with Crippen LogP contribution in [0.1, 0.15) is 15.4 Å². The predicted molar refractivity (Wildman–Crippen MR) is 69.3 cm³/mol. The Balaban J connectivity index is 2.18. The zero-order valence-electron chi connectivity index (χ0n) is 8.11. The van der Waals surface area contributed by atoms with Gasteiger partial charge in [-0.25, -0.2) is 0 Å². The molecule has 0 fully saturated rings. The van der Waals surface area contributed by atoms with E-state index in [1.54, 1.807) is 29.7 Å². The number of pyridine rings is 1. The summed E-state index contributed by atoms with van der Waals surface area (Å²) in [5, 5.41) is 0.406. The summed E-state index contributed by atoms with van der Waals surface area (Å²) < 4.78 is 1.02. The topological polar surface area (TPSA) is 30.0 Å². The van der Waals surface area contributed by atoms with Crippen molar-refractivity contribution in [2.75, 3.05) is 0 Å². The van der Waals surface area contributed by atoms with Crippen molar-refractivity contribution in [2.45, 2.75) is 6.42 Å². The van der Waals surface area contributed by atoms with E-state index in [0.29, 0.717) is 17.1 Å². The van der Waals surface area contributed by atoms with E-state index >= 15 is 0 Å². The van der Waals surface area contributed by atoms with Crippen molar-refractivity contribution in [3.05, 3.63) is 49.8 Å². The number of halogens is 2. The van der Waals surface area contributed by atoms with Crippen LogP contribution in [0, 0.1) is 0 Å². The van der Waals surface area contributed by atoms with Crippen LogP contribution in [0.5, 0.6) is 0 Å². The highest BCUT2D eigenvalue weighted by molar-refractivity contribution is 9.11. The molecule has 0 atom stereocenters. The molecule has 2 heterocycles. The predicted octanol–water partition coefficient (Wildman–Crippen LogP) is 3.98. The number of carbonyl (C=O) groups excluding carboxylic acids is 1. The first-order valence-electron chi connectivity index (χ1n) is 4.55. The average molecular weight is 317 g/mol. The fraction of sp³-hybridized carbons (Fsp3) is 0.0909. The van der Waals surface area contributed by atoms with E-state index in [9.17, 15) is 4.79 Å². The summed E-state index contributed by atoms with van der Waals surface area (Å²) in [6.07, 6.45) is 1.91. The second-order valence-electron chi connectivity index (χ2n) is 3.14. The summed E-state index contributed by atoms with van der Waals surface area (Å²) in [7, 11) is 0. The van der Waals surface area contributed by atoms with Crippen LogP contribution < -0.4 is 0 Å². The van der Waals surface area contributed by atoms with Crippen molar-refractivity contribution in [3.8, 4) is 0 Å². The van der Waals surface area contributed by atoms with Crippen molar-refractivity contribution in [1.82, 2.24) is 4.98 Å². The molecular formula is C11H7BrClNOS. The van der Waals surface area contributed by atoms with E-state index in [2.05, 4.69) is 20.9 Å². The zero-order valence-corrected chi connectivity index (χ0v) is 11.3. The van der Waals surface area contributed by atoms with Gasteiger partial charge >= 0.3 is 0 Å². The van der Waals surface area contributed by atoms with E-state index in [4.69, 9.17) is 11.6 Å². The van der Waals surface area contributed by atoms with E-state index in [-0.39, 0.29) is 5.78 Å². The molecule has 16 heavy (non-hydrogen) atoms. The minimum absolute atomic E-state index is 0.0556. The maximum atomic E-state index is 11.9. The van der Waals surface area contributed by atoms with Gasteiger partial charge in [-0.05, 0) is 40.2 Å². The van der Waals surface area contributed by atoms with Crippen LogP contribution in [0.3, 0.4) is 0 Å². The van der Waals surface area contributed by atoms with E-state index < -0.39 is 0 Å². The van der Waals surface area contributed by atoms with Gasteiger partial charge in [0.1, 0.15) is 5.69 Å². The molecule has 0 amide bonds. The Labute approximate surface area is 110 Å². The summed E-state index contributed by atoms with van der Waals surface area (Å²) in [6.45, 7) is 0. The number of Topliss-reactive ketones (excluding diaryl/α,β-unsaturated/α-hetero) is 1. The van der Waals surface area contributed by atoms with Crippen molar-refractivity contribution in [3.63, 3.8) is 0 Å². The van der Waals surface area contributed by atoms with Gasteiger partial charge in [0.2, 0.25) is 0 Å². The molecule has 0 unspecified atom stereocenters. The van der Waals surface area contributed by atoms with Gasteiger partial charge in [-0.1, -0.05) is 11.6 Å². The first-order valence-corrected chi connectivity index (χ1v) is 6.53. The number of aromatic nitrogens is 1. The van der Waals surface area contributed by atoms with Gasteiger partial charge in [-0.15, -0.1) is 11.3 Å². The Morgan fingerprint density at radius 3 is 2.88 bits per heavy atom. The quantitative estimate of drug-likeness (QED) is 0.802. The number of thiophene rings is 1. The van der Waals surface area contributed by atoms with E-state index in [0.717, 1.165) is 8.66 Å². The molecule has 0 spiro atoms. The molecule has 0 saturated carbocycles. The normalized spacial score (nSPS) is 10.4. The number of carbonyl (C=O) groups is 1. The standard InChI is InChI=1S/C11H7BrClNOS/c12-10-4-3-7(16-10)6-9(15)11-8(13)2-1-5-14-11/h1-5H,6H2. The molecular weight excluding hydrogens is 310 g/mol. The number of nitrogens with zero attached hydrogens (tertiary/aromatic N) is 1. The lowest BCUT2D eigenvalue weighted by Gasteiger charge is -2.00. The molecule has 0 saturated heterocycles. The largest absolute Gasteiger partial charge is 0.292 e. The summed E-state index contributed by atoms with van der Waals surface area (Å²) in [4.78, 5) is 16.9. The molecule has 0 aromatic carbocycles. The molecule has 0 aliphatic rings. The second-order valence-corrected chi connectivity index (χ2v) is 6.09. The Morgan fingerprint density at radius 2 is 2.25 bits per heavy atom. The minimum atomic E-state index is -0.0556. The average Bonchev–Trinajstić information content (AvgIpc) is 2.64. The zero-order chi connectivity index (χ0) is 11.5. The van der Waals surface area contributed by atoms with Gasteiger partial charge in [0.25, 0.3) is 0 Å². The van der Waals surface area contributed by atoms with Crippen LogP contribution in [0.4, 0.5) is 0 Å². The maximum Gasteiger partial charge on any atom is 0.187 e. The van der Waals surface area contributed by atoms with Crippen molar-refractivity contribution in [1.29, 1.82) is 0 Å². The number of ketones is 1. The third-order valence-electron chi connectivity index (χ3n) is 1.99. The minimum Gasteiger partial charge on any atom is -0.292 e. The summed E-state index contributed by atoms with van der Waals surface area (Å²) in [5.74, 6) is -0.0556. The lowest BCUT2D eigenvalue weighted by Crippen LogP contribution is -2.05. The second kappa shape index (κ2) is 5.08. The van der Waals surface area contributed by atoms with Gasteiger partial charge in [-0.2, -0.15) is 0 Å². The molecule has 2 rings (SSSR count). The molecule has 82 valence electrons. The fourth-order valence-corrected chi connectivity index (χ4v) is 2.99. The molecule has 0 radical (unpaired) electrons. The number of rotatable bonds is 3. The van der Waals surface area contributed by atoms with Crippen LogP contribution in [-0.2, 0) is 6.42 Å². The molecule has 2 nitrogen and oxygen atoms in total. The van der Waals surface area contributed by atoms with Crippen LogP contribution in [0.15, 0.2) is 34.2 Å². The molecule has 0 N–H and O–H groups in total. The van der Waals surface area contributed by atoms with Crippen LogP contribution in [-0.4, -0.2) is 10.8 Å². The van der Waals surface area contributed by atoms with E-state index in [1.807, 2.05) is 12.1 Å². The SMILES string of the molecule is O=C(Cc1ccc(Br)s1)c1ncccc1Cl. The molecule has 5 heteroatoms. The molecule has 2 aromatic rings. The lowest BCUT2D eigenvalue weighted by molar-refractivity contribution is 0.0989. The Hall–Kier alpha value is -0.710.